The van der Waals surface area contributed by atoms with Crippen LogP contribution in [0.5, 0.6) is 11.5 Å². The second kappa shape index (κ2) is 10.4. The molecule has 1 fully saturated rings. The molecule has 0 spiro atoms. The van der Waals surface area contributed by atoms with Crippen molar-refractivity contribution in [2.45, 2.75) is 18.9 Å². The fraction of sp³-hybridized carbons (Fsp3) is 0.231. The number of nitrogens with zero attached hydrogens (tertiary/aromatic N) is 2. The van der Waals surface area contributed by atoms with Crippen LogP contribution in [-0.2, 0) is 9.59 Å². The Bertz CT molecular complexity index is 1300. The number of carbonyl (C=O) groups excluding carboxylic acids is 2. The molecule has 1 N–H and O–H groups in total. The Balaban J connectivity index is 1.76. The topological polar surface area (TPSA) is 111 Å². The van der Waals surface area contributed by atoms with Crippen molar-refractivity contribution >= 4 is 28.9 Å². The third-order valence-electron chi connectivity index (χ3n) is 6.15. The van der Waals surface area contributed by atoms with E-state index in [1.54, 1.807) is 60.5 Å². The molecule has 3 aromatic carbocycles. The summed E-state index contributed by atoms with van der Waals surface area (Å²) in [6, 6.07) is 16.5. The van der Waals surface area contributed by atoms with E-state index >= 15 is 0 Å². The second-order valence-electron chi connectivity index (χ2n) is 8.21. The molecule has 3 aromatic rings. The third-order valence-corrected chi connectivity index (χ3v) is 6.15. The summed E-state index contributed by atoms with van der Waals surface area (Å²) in [6.07, 6.45) is 0.350. The van der Waals surface area contributed by atoms with Crippen LogP contribution in [0.25, 0.3) is 0 Å². The number of halogens is 1. The van der Waals surface area contributed by atoms with Crippen molar-refractivity contribution in [2.75, 3.05) is 24.4 Å². The van der Waals surface area contributed by atoms with E-state index in [2.05, 4.69) is 5.32 Å². The van der Waals surface area contributed by atoms with Crippen molar-refractivity contribution in [1.29, 1.82) is 0 Å². The number of nitro benzene ring substituents is 1. The maximum absolute atomic E-state index is 13.8. The quantitative estimate of drug-likeness (QED) is 0.371. The summed E-state index contributed by atoms with van der Waals surface area (Å²) in [6.45, 7) is 0. The van der Waals surface area contributed by atoms with Gasteiger partial charge in [0.2, 0.25) is 17.6 Å². The molecule has 1 heterocycles. The molecule has 10 heteroatoms. The summed E-state index contributed by atoms with van der Waals surface area (Å²) in [7, 11) is 3.05. The van der Waals surface area contributed by atoms with Crippen LogP contribution in [0.1, 0.15) is 24.4 Å². The normalized spacial score (nSPS) is 17.4. The highest BCUT2D eigenvalue weighted by molar-refractivity contribution is 6.00. The molecule has 2 amide bonds. The van der Waals surface area contributed by atoms with Crippen molar-refractivity contribution in [3.05, 3.63) is 88.2 Å². The number of hydrogen-bond acceptors (Lipinski definition) is 6. The first-order valence-corrected chi connectivity index (χ1v) is 11.2. The molecule has 4 rings (SSSR count). The van der Waals surface area contributed by atoms with Gasteiger partial charge in [0.25, 0.3) is 0 Å². The standard InChI is InChI=1S/C26H24FN3O6/c1-35-18-10-8-17(9-11-18)29-24(31)14-12-20(25(29)19-5-3-4-6-23(19)36-2)26(32)28-16-7-13-21(27)22(15-16)30(33)34/h3-11,13,15,20,25H,12,14H2,1-2H3,(H,28,32). The molecule has 2 atom stereocenters. The molecule has 0 bridgehead atoms. The van der Waals surface area contributed by atoms with Gasteiger partial charge in [-0.2, -0.15) is 4.39 Å². The van der Waals surface area contributed by atoms with E-state index in [0.29, 0.717) is 22.7 Å². The first-order chi connectivity index (χ1) is 17.3. The van der Waals surface area contributed by atoms with E-state index in [1.807, 2.05) is 0 Å². The van der Waals surface area contributed by atoms with Gasteiger partial charge >= 0.3 is 5.69 Å². The molecule has 1 saturated heterocycles. The summed E-state index contributed by atoms with van der Waals surface area (Å²) in [4.78, 5) is 38.6. The minimum Gasteiger partial charge on any atom is -0.497 e. The zero-order valence-corrected chi connectivity index (χ0v) is 19.6. The molecule has 1 aliphatic heterocycles. The fourth-order valence-electron chi connectivity index (χ4n) is 4.45. The van der Waals surface area contributed by atoms with Gasteiger partial charge in [0.05, 0.1) is 31.1 Å². The van der Waals surface area contributed by atoms with Crippen LogP contribution < -0.4 is 19.7 Å². The Morgan fingerprint density at radius 2 is 1.81 bits per heavy atom. The minimum atomic E-state index is -1.00. The highest BCUT2D eigenvalue weighted by Crippen LogP contribution is 2.43. The number of nitrogens with one attached hydrogen (secondary N) is 1. The van der Waals surface area contributed by atoms with E-state index < -0.39 is 34.3 Å². The predicted octanol–water partition coefficient (Wildman–Crippen LogP) is 4.87. The Labute approximate surface area is 206 Å². The molecule has 36 heavy (non-hydrogen) atoms. The third kappa shape index (κ3) is 4.83. The van der Waals surface area contributed by atoms with Crippen molar-refractivity contribution in [3.8, 4) is 11.5 Å². The zero-order valence-electron chi connectivity index (χ0n) is 19.6. The van der Waals surface area contributed by atoms with Crippen molar-refractivity contribution < 1.29 is 28.4 Å². The number of methoxy groups -OCH3 is 2. The first kappa shape index (κ1) is 24.6. The molecule has 0 radical (unpaired) electrons. The van der Waals surface area contributed by atoms with E-state index in [0.717, 1.165) is 12.1 Å². The lowest BCUT2D eigenvalue weighted by Gasteiger charge is -2.41. The largest absolute Gasteiger partial charge is 0.497 e. The number of ether oxygens (including phenoxy) is 2. The molecule has 186 valence electrons. The van der Waals surface area contributed by atoms with Crippen LogP contribution in [0, 0.1) is 21.8 Å². The number of amides is 2. The molecular formula is C26H24FN3O6. The van der Waals surface area contributed by atoms with E-state index in [9.17, 15) is 24.1 Å². The SMILES string of the molecule is COc1ccc(N2C(=O)CCC(C(=O)Nc3ccc(F)c([N+](=O)[O-])c3)C2c2ccccc2OC)cc1. The van der Waals surface area contributed by atoms with Crippen molar-refractivity contribution in [3.63, 3.8) is 0 Å². The van der Waals surface area contributed by atoms with Gasteiger partial charge in [0, 0.05) is 29.4 Å². The number of para-hydroxylation sites is 1. The van der Waals surface area contributed by atoms with Gasteiger partial charge in [-0.05, 0) is 48.9 Å². The Kier molecular flexibility index (Phi) is 7.14. The van der Waals surface area contributed by atoms with Crippen LogP contribution in [0.15, 0.2) is 66.7 Å². The maximum Gasteiger partial charge on any atom is 0.306 e. The summed E-state index contributed by atoms with van der Waals surface area (Å²) < 4.78 is 24.6. The monoisotopic (exact) mass is 493 g/mol. The lowest BCUT2D eigenvalue weighted by atomic mass is 9.82. The number of hydrogen-bond donors (Lipinski definition) is 1. The Hall–Kier alpha value is -4.47. The van der Waals surface area contributed by atoms with Crippen LogP contribution in [0.2, 0.25) is 0 Å². The smallest absolute Gasteiger partial charge is 0.306 e. The second-order valence-corrected chi connectivity index (χ2v) is 8.21. The van der Waals surface area contributed by atoms with Crippen molar-refractivity contribution in [1.82, 2.24) is 0 Å². The highest BCUT2D eigenvalue weighted by Gasteiger charge is 2.42. The average Bonchev–Trinajstić information content (AvgIpc) is 2.89. The average molecular weight is 493 g/mol. The summed E-state index contributed by atoms with van der Waals surface area (Å²) in [5, 5.41) is 13.8. The van der Waals surface area contributed by atoms with Crippen LogP contribution in [0.4, 0.5) is 21.5 Å². The molecule has 0 aliphatic carbocycles. The van der Waals surface area contributed by atoms with E-state index in [4.69, 9.17) is 9.47 Å². The zero-order chi connectivity index (χ0) is 25.8. The molecular weight excluding hydrogens is 469 g/mol. The van der Waals surface area contributed by atoms with Gasteiger partial charge in [-0.15, -0.1) is 0 Å². The number of piperidine rings is 1. The van der Waals surface area contributed by atoms with Crippen LogP contribution >= 0.6 is 0 Å². The van der Waals surface area contributed by atoms with Crippen LogP contribution in [0.3, 0.4) is 0 Å². The van der Waals surface area contributed by atoms with Gasteiger partial charge in [-0.25, -0.2) is 0 Å². The number of nitro groups is 1. The van der Waals surface area contributed by atoms with Gasteiger partial charge < -0.3 is 19.7 Å². The molecule has 9 nitrogen and oxygen atoms in total. The Morgan fingerprint density at radius 1 is 1.08 bits per heavy atom. The number of benzene rings is 3. The summed E-state index contributed by atoms with van der Waals surface area (Å²) in [5.74, 6) is -1.24. The maximum atomic E-state index is 13.8. The van der Waals surface area contributed by atoms with E-state index in [-0.39, 0.29) is 24.4 Å². The molecule has 2 unspecified atom stereocenters. The Morgan fingerprint density at radius 3 is 2.47 bits per heavy atom. The van der Waals surface area contributed by atoms with Crippen molar-refractivity contribution in [2.24, 2.45) is 5.92 Å². The fourth-order valence-corrected chi connectivity index (χ4v) is 4.45. The van der Waals surface area contributed by atoms with E-state index in [1.165, 1.54) is 13.2 Å². The van der Waals surface area contributed by atoms with Crippen LogP contribution in [-0.4, -0.2) is 31.0 Å². The first-order valence-electron chi connectivity index (χ1n) is 11.2. The number of rotatable bonds is 7. The number of anilines is 2. The molecule has 0 aromatic heterocycles. The lowest BCUT2D eigenvalue weighted by Crippen LogP contribution is -2.47. The summed E-state index contributed by atoms with van der Waals surface area (Å²) >= 11 is 0. The van der Waals surface area contributed by atoms with Gasteiger partial charge in [0.1, 0.15) is 11.5 Å². The lowest BCUT2D eigenvalue weighted by molar-refractivity contribution is -0.387. The summed E-state index contributed by atoms with van der Waals surface area (Å²) in [5.41, 5.74) is 0.549. The van der Waals surface area contributed by atoms with Gasteiger partial charge in [-0.1, -0.05) is 18.2 Å². The predicted molar refractivity (Wildman–Crippen MR) is 131 cm³/mol. The van der Waals surface area contributed by atoms with Gasteiger partial charge in [0.15, 0.2) is 0 Å². The highest BCUT2D eigenvalue weighted by atomic mass is 19.1. The number of carbonyl (C=O) groups is 2. The molecule has 0 saturated carbocycles. The van der Waals surface area contributed by atoms with Gasteiger partial charge in [-0.3, -0.25) is 19.7 Å². The molecule has 1 aliphatic rings. The minimum absolute atomic E-state index is 0.0831.